The number of benzene rings is 1. The van der Waals surface area contributed by atoms with Crippen LogP contribution in [0.3, 0.4) is 0 Å². The highest BCUT2D eigenvalue weighted by Gasteiger charge is 2.26. The van der Waals surface area contributed by atoms with Crippen molar-refractivity contribution in [3.63, 3.8) is 0 Å². The van der Waals surface area contributed by atoms with E-state index in [1.54, 1.807) is 4.90 Å². The summed E-state index contributed by atoms with van der Waals surface area (Å²) in [7, 11) is 0. The van der Waals surface area contributed by atoms with Crippen LogP contribution in [0.15, 0.2) is 30.5 Å². The zero-order chi connectivity index (χ0) is 17.8. The summed E-state index contributed by atoms with van der Waals surface area (Å²) in [5.74, 6) is -0.518. The lowest BCUT2D eigenvalue weighted by Gasteiger charge is -2.35. The number of carbonyl (C=O) groups is 2. The van der Waals surface area contributed by atoms with Gasteiger partial charge in [-0.3, -0.25) is 9.59 Å². The Morgan fingerprint density at radius 2 is 1.96 bits per heavy atom. The van der Waals surface area contributed by atoms with E-state index in [4.69, 9.17) is 9.47 Å². The van der Waals surface area contributed by atoms with Crippen molar-refractivity contribution in [3.8, 4) is 0 Å². The zero-order valence-corrected chi connectivity index (χ0v) is 14.7. The Balaban J connectivity index is 1.46. The number of H-pyrrole nitrogens is 1. The number of aryl methyl sites for hydroxylation is 1. The molecule has 1 aliphatic heterocycles. The molecule has 0 spiro atoms. The standard InChI is InChI=1S/C19H24N2O4/c1-13-10-21(11-14(2)25-13)18(22)12-24-19(23)8-7-15-9-20-17-6-4-3-5-16(15)17/h3-6,9,13-14,20H,7-8,10-12H2,1-2H3/t13-,14-/m0/s1. The monoisotopic (exact) mass is 344 g/mol. The number of nitrogens with zero attached hydrogens (tertiary/aromatic N) is 1. The van der Waals surface area contributed by atoms with E-state index in [0.717, 1.165) is 16.5 Å². The molecule has 134 valence electrons. The first-order valence-corrected chi connectivity index (χ1v) is 8.67. The van der Waals surface area contributed by atoms with Gasteiger partial charge in [0.05, 0.1) is 12.2 Å². The molecule has 6 nitrogen and oxygen atoms in total. The van der Waals surface area contributed by atoms with E-state index in [1.165, 1.54) is 0 Å². The predicted molar refractivity (Wildman–Crippen MR) is 94.2 cm³/mol. The molecule has 3 rings (SSSR count). The second kappa shape index (κ2) is 7.70. The van der Waals surface area contributed by atoms with Crippen LogP contribution in [0.2, 0.25) is 0 Å². The summed E-state index contributed by atoms with van der Waals surface area (Å²) in [4.78, 5) is 29.0. The number of morpholine rings is 1. The highest BCUT2D eigenvalue weighted by Crippen LogP contribution is 2.19. The molecule has 2 atom stereocenters. The van der Waals surface area contributed by atoms with Crippen LogP contribution in [0.4, 0.5) is 0 Å². The van der Waals surface area contributed by atoms with E-state index in [1.807, 2.05) is 44.3 Å². The van der Waals surface area contributed by atoms with Gasteiger partial charge in [0.2, 0.25) is 0 Å². The molecule has 2 heterocycles. The van der Waals surface area contributed by atoms with Crippen molar-refractivity contribution in [2.75, 3.05) is 19.7 Å². The predicted octanol–water partition coefficient (Wildman–Crippen LogP) is 2.28. The summed E-state index contributed by atoms with van der Waals surface area (Å²) in [6.07, 6.45) is 2.77. The number of esters is 1. The molecular weight excluding hydrogens is 320 g/mol. The topological polar surface area (TPSA) is 71.6 Å². The van der Waals surface area contributed by atoms with Gasteiger partial charge in [-0.25, -0.2) is 0 Å². The molecule has 1 fully saturated rings. The first kappa shape index (κ1) is 17.5. The number of aromatic amines is 1. The van der Waals surface area contributed by atoms with Crippen molar-refractivity contribution >= 4 is 22.8 Å². The second-order valence-electron chi connectivity index (χ2n) is 6.58. The van der Waals surface area contributed by atoms with Crippen molar-refractivity contribution in [1.29, 1.82) is 0 Å². The number of hydrogen-bond donors (Lipinski definition) is 1. The number of nitrogens with one attached hydrogen (secondary N) is 1. The molecular formula is C19H24N2O4. The zero-order valence-electron chi connectivity index (χ0n) is 14.7. The van der Waals surface area contributed by atoms with Crippen molar-refractivity contribution in [2.24, 2.45) is 0 Å². The highest BCUT2D eigenvalue weighted by atomic mass is 16.5. The Bertz CT molecular complexity index is 745. The van der Waals surface area contributed by atoms with E-state index in [2.05, 4.69) is 4.98 Å². The van der Waals surface area contributed by atoms with Crippen LogP contribution in [0.25, 0.3) is 10.9 Å². The van der Waals surface area contributed by atoms with E-state index < -0.39 is 0 Å². The lowest BCUT2D eigenvalue weighted by molar-refractivity contribution is -0.157. The van der Waals surface area contributed by atoms with Gasteiger partial charge in [0.25, 0.3) is 5.91 Å². The molecule has 0 bridgehead atoms. The Morgan fingerprint density at radius 1 is 1.24 bits per heavy atom. The number of para-hydroxylation sites is 1. The lowest BCUT2D eigenvalue weighted by atomic mass is 10.1. The van der Waals surface area contributed by atoms with E-state index in [-0.39, 0.29) is 37.1 Å². The van der Waals surface area contributed by atoms with Crippen LogP contribution in [0.5, 0.6) is 0 Å². The summed E-state index contributed by atoms with van der Waals surface area (Å²) in [5, 5.41) is 1.11. The van der Waals surface area contributed by atoms with Crippen molar-refractivity contribution in [2.45, 2.75) is 38.9 Å². The van der Waals surface area contributed by atoms with Crippen LogP contribution in [0, 0.1) is 0 Å². The quantitative estimate of drug-likeness (QED) is 0.845. The maximum Gasteiger partial charge on any atom is 0.306 e. The summed E-state index contributed by atoms with van der Waals surface area (Å²) in [5.41, 5.74) is 2.13. The van der Waals surface area contributed by atoms with Crippen molar-refractivity contribution in [3.05, 3.63) is 36.0 Å². The minimum Gasteiger partial charge on any atom is -0.456 e. The van der Waals surface area contributed by atoms with Gasteiger partial charge in [-0.1, -0.05) is 18.2 Å². The minimum absolute atomic E-state index is 0.00488. The van der Waals surface area contributed by atoms with Gasteiger partial charge in [-0.2, -0.15) is 0 Å². The third kappa shape index (κ3) is 4.39. The average Bonchev–Trinajstić information content (AvgIpc) is 3.00. The molecule has 0 aliphatic carbocycles. The SMILES string of the molecule is C[C@H]1CN(C(=O)COC(=O)CCc2c[nH]c3ccccc23)C[C@H](C)O1. The van der Waals surface area contributed by atoms with E-state index >= 15 is 0 Å². The summed E-state index contributed by atoms with van der Waals surface area (Å²) >= 11 is 0. The molecule has 2 aromatic rings. The van der Waals surface area contributed by atoms with Gasteiger partial charge in [0, 0.05) is 36.6 Å². The normalized spacial score (nSPS) is 20.6. The van der Waals surface area contributed by atoms with E-state index in [9.17, 15) is 9.59 Å². The molecule has 6 heteroatoms. The van der Waals surface area contributed by atoms with Crippen molar-refractivity contribution < 1.29 is 19.1 Å². The van der Waals surface area contributed by atoms with Gasteiger partial charge in [0.1, 0.15) is 0 Å². The molecule has 1 aromatic heterocycles. The molecule has 0 saturated carbocycles. The lowest BCUT2D eigenvalue weighted by Crippen LogP contribution is -2.49. The molecule has 1 aliphatic rings. The molecule has 1 saturated heterocycles. The minimum atomic E-state index is -0.354. The molecule has 1 amide bonds. The van der Waals surface area contributed by atoms with Crippen LogP contribution in [0.1, 0.15) is 25.8 Å². The van der Waals surface area contributed by atoms with Gasteiger partial charge in [0.15, 0.2) is 6.61 Å². The average molecular weight is 344 g/mol. The Morgan fingerprint density at radius 3 is 2.72 bits per heavy atom. The van der Waals surface area contributed by atoms with E-state index in [0.29, 0.717) is 19.5 Å². The van der Waals surface area contributed by atoms with Gasteiger partial charge >= 0.3 is 5.97 Å². The van der Waals surface area contributed by atoms with Crippen molar-refractivity contribution in [1.82, 2.24) is 9.88 Å². The van der Waals surface area contributed by atoms with Crippen LogP contribution in [-0.2, 0) is 25.5 Å². The maximum absolute atomic E-state index is 12.2. The number of aromatic nitrogens is 1. The Labute approximate surface area is 147 Å². The van der Waals surface area contributed by atoms with Crippen LogP contribution >= 0.6 is 0 Å². The molecule has 1 N–H and O–H groups in total. The fraction of sp³-hybridized carbons (Fsp3) is 0.474. The first-order valence-electron chi connectivity index (χ1n) is 8.67. The summed E-state index contributed by atoms with van der Waals surface area (Å²) in [6, 6.07) is 7.97. The third-order valence-corrected chi connectivity index (χ3v) is 4.40. The number of ether oxygens (including phenoxy) is 2. The summed E-state index contributed by atoms with van der Waals surface area (Å²) < 4.78 is 10.8. The van der Waals surface area contributed by atoms with Gasteiger partial charge < -0.3 is 19.4 Å². The smallest absolute Gasteiger partial charge is 0.306 e. The largest absolute Gasteiger partial charge is 0.456 e. The number of amides is 1. The molecule has 0 unspecified atom stereocenters. The molecule has 1 aromatic carbocycles. The van der Waals surface area contributed by atoms with Gasteiger partial charge in [-0.15, -0.1) is 0 Å². The van der Waals surface area contributed by atoms with Crippen LogP contribution < -0.4 is 0 Å². The molecule has 25 heavy (non-hydrogen) atoms. The third-order valence-electron chi connectivity index (χ3n) is 4.40. The number of carbonyl (C=O) groups excluding carboxylic acids is 2. The maximum atomic E-state index is 12.2. The highest BCUT2D eigenvalue weighted by molar-refractivity contribution is 5.84. The van der Waals surface area contributed by atoms with Gasteiger partial charge in [-0.05, 0) is 31.9 Å². The number of hydrogen-bond acceptors (Lipinski definition) is 4. The Hall–Kier alpha value is -2.34. The fourth-order valence-corrected chi connectivity index (χ4v) is 3.26. The Kier molecular flexibility index (Phi) is 5.38. The van der Waals surface area contributed by atoms with Crippen LogP contribution in [-0.4, -0.2) is 53.7 Å². The fourth-order valence-electron chi connectivity index (χ4n) is 3.26. The first-order chi connectivity index (χ1) is 12.0. The molecule has 0 radical (unpaired) electrons. The second-order valence-corrected chi connectivity index (χ2v) is 6.58. The number of fused-ring (bicyclic) bond motifs is 1. The number of rotatable bonds is 5. The summed E-state index contributed by atoms with van der Waals surface area (Å²) in [6.45, 7) is 4.74.